The van der Waals surface area contributed by atoms with Gasteiger partial charge in [-0.05, 0) is 17.5 Å². The first-order valence-corrected chi connectivity index (χ1v) is 5.16. The molecule has 2 nitrogen and oxygen atoms in total. The van der Waals surface area contributed by atoms with Crippen LogP contribution in [-0.4, -0.2) is 13.6 Å². The molecule has 0 atom stereocenters. The highest BCUT2D eigenvalue weighted by Gasteiger charge is 2.19. The van der Waals surface area contributed by atoms with Crippen LogP contribution in [0.1, 0.15) is 20.8 Å². The number of nitrogens with two attached hydrogens (primary N) is 1. The second-order valence-corrected chi connectivity index (χ2v) is 5.25. The van der Waals surface area contributed by atoms with Gasteiger partial charge in [0.05, 0.1) is 0 Å². The lowest BCUT2D eigenvalue weighted by Crippen LogP contribution is -2.30. The minimum Gasteiger partial charge on any atom is -0.399 e. The van der Waals surface area contributed by atoms with Crippen LogP contribution in [0.2, 0.25) is 0 Å². The molecule has 0 amide bonds. The van der Waals surface area contributed by atoms with Crippen LogP contribution >= 0.6 is 0 Å². The van der Waals surface area contributed by atoms with Crippen molar-refractivity contribution in [2.45, 2.75) is 20.8 Å². The first-order valence-electron chi connectivity index (χ1n) is 5.16. The number of nitrogens with zero attached hydrogens (tertiary/aromatic N) is 1. The Bertz CT molecular complexity index is 360. The van der Waals surface area contributed by atoms with Crippen molar-refractivity contribution in [3.63, 3.8) is 0 Å². The largest absolute Gasteiger partial charge is 0.399 e. The molecule has 1 aromatic carbocycles. The van der Waals surface area contributed by atoms with E-state index in [1.165, 1.54) is 0 Å². The van der Waals surface area contributed by atoms with Crippen molar-refractivity contribution >= 4 is 11.4 Å². The zero-order chi connectivity index (χ0) is 12.5. The zero-order valence-electron chi connectivity index (χ0n) is 10.1. The first kappa shape index (κ1) is 12.7. The SMILES string of the molecule is CN(CC(C)(C)C)c1c(F)cc(N)cc1F. The molecule has 4 heteroatoms. The summed E-state index contributed by atoms with van der Waals surface area (Å²) in [6.07, 6.45) is 0. The summed E-state index contributed by atoms with van der Waals surface area (Å²) in [5, 5.41) is 0. The average molecular weight is 228 g/mol. The van der Waals surface area contributed by atoms with Crippen molar-refractivity contribution in [1.82, 2.24) is 0 Å². The van der Waals surface area contributed by atoms with Crippen molar-refractivity contribution in [3.8, 4) is 0 Å². The Morgan fingerprint density at radius 3 is 2.00 bits per heavy atom. The number of nitrogen functional groups attached to an aromatic ring is 1. The van der Waals surface area contributed by atoms with Gasteiger partial charge in [0.1, 0.15) is 5.69 Å². The van der Waals surface area contributed by atoms with E-state index in [4.69, 9.17) is 5.73 Å². The Hall–Kier alpha value is -1.32. The van der Waals surface area contributed by atoms with Gasteiger partial charge < -0.3 is 10.6 Å². The number of hydrogen-bond acceptors (Lipinski definition) is 2. The molecule has 0 saturated heterocycles. The summed E-state index contributed by atoms with van der Waals surface area (Å²) in [6, 6.07) is 2.27. The van der Waals surface area contributed by atoms with E-state index < -0.39 is 11.6 Å². The third-order valence-electron chi connectivity index (χ3n) is 2.13. The summed E-state index contributed by atoms with van der Waals surface area (Å²) in [7, 11) is 1.67. The zero-order valence-corrected chi connectivity index (χ0v) is 10.1. The van der Waals surface area contributed by atoms with Gasteiger partial charge >= 0.3 is 0 Å². The van der Waals surface area contributed by atoms with E-state index in [9.17, 15) is 8.78 Å². The Balaban J connectivity index is 3.04. The van der Waals surface area contributed by atoms with E-state index >= 15 is 0 Å². The standard InChI is InChI=1S/C12H18F2N2/c1-12(2,3)7-16(4)11-9(13)5-8(15)6-10(11)14/h5-6H,7,15H2,1-4H3. The van der Waals surface area contributed by atoms with Gasteiger partial charge in [-0.3, -0.25) is 0 Å². The maximum absolute atomic E-state index is 13.6. The first-order chi connectivity index (χ1) is 7.20. The summed E-state index contributed by atoms with van der Waals surface area (Å²) in [4.78, 5) is 1.57. The van der Waals surface area contributed by atoms with E-state index in [1.807, 2.05) is 20.8 Å². The summed E-state index contributed by atoms with van der Waals surface area (Å²) in [5.41, 5.74) is 5.40. The van der Waals surface area contributed by atoms with Gasteiger partial charge in [0.2, 0.25) is 0 Å². The molecule has 0 aliphatic heterocycles. The van der Waals surface area contributed by atoms with Gasteiger partial charge in [0.25, 0.3) is 0 Å². The molecule has 16 heavy (non-hydrogen) atoms. The molecule has 0 saturated carbocycles. The minimum atomic E-state index is -0.621. The molecular weight excluding hydrogens is 210 g/mol. The number of benzene rings is 1. The second-order valence-electron chi connectivity index (χ2n) is 5.25. The molecule has 90 valence electrons. The highest BCUT2D eigenvalue weighted by atomic mass is 19.1. The molecule has 1 rings (SSSR count). The maximum atomic E-state index is 13.6. The Morgan fingerprint density at radius 1 is 1.19 bits per heavy atom. The summed E-state index contributed by atoms with van der Waals surface area (Å²) >= 11 is 0. The molecule has 0 heterocycles. The van der Waals surface area contributed by atoms with Crippen LogP contribution in [0, 0.1) is 17.0 Å². The van der Waals surface area contributed by atoms with E-state index in [2.05, 4.69) is 0 Å². The van der Waals surface area contributed by atoms with Gasteiger partial charge in [-0.2, -0.15) is 0 Å². The highest BCUT2D eigenvalue weighted by molar-refractivity contribution is 5.55. The van der Waals surface area contributed by atoms with Crippen molar-refractivity contribution < 1.29 is 8.78 Å². The summed E-state index contributed by atoms with van der Waals surface area (Å²) < 4.78 is 27.2. The van der Waals surface area contributed by atoms with Gasteiger partial charge in [-0.25, -0.2) is 8.78 Å². The molecule has 0 bridgehead atoms. The van der Waals surface area contributed by atoms with E-state index in [-0.39, 0.29) is 16.8 Å². The van der Waals surface area contributed by atoms with Crippen LogP contribution in [-0.2, 0) is 0 Å². The molecule has 0 fully saturated rings. The predicted molar refractivity (Wildman–Crippen MR) is 63.5 cm³/mol. The Kier molecular flexibility index (Phi) is 3.41. The molecule has 0 aliphatic carbocycles. The monoisotopic (exact) mass is 228 g/mol. The second kappa shape index (κ2) is 4.28. The number of hydrogen-bond donors (Lipinski definition) is 1. The van der Waals surface area contributed by atoms with Crippen LogP contribution in [0.5, 0.6) is 0 Å². The normalized spacial score (nSPS) is 11.6. The van der Waals surface area contributed by atoms with Crippen molar-refractivity contribution in [2.24, 2.45) is 5.41 Å². The van der Waals surface area contributed by atoms with Crippen LogP contribution in [0.15, 0.2) is 12.1 Å². The number of rotatable bonds is 2. The van der Waals surface area contributed by atoms with Crippen molar-refractivity contribution in [2.75, 3.05) is 24.2 Å². The van der Waals surface area contributed by atoms with Gasteiger partial charge in [0.15, 0.2) is 11.6 Å². The molecule has 2 N–H and O–H groups in total. The van der Waals surface area contributed by atoms with Crippen LogP contribution in [0.25, 0.3) is 0 Å². The maximum Gasteiger partial charge on any atom is 0.151 e. The fraction of sp³-hybridized carbons (Fsp3) is 0.500. The minimum absolute atomic E-state index is 0.0240. The molecule has 1 aromatic rings. The third kappa shape index (κ3) is 3.08. The fourth-order valence-corrected chi connectivity index (χ4v) is 1.74. The quantitative estimate of drug-likeness (QED) is 0.788. The lowest BCUT2D eigenvalue weighted by molar-refractivity contribution is 0.414. The third-order valence-corrected chi connectivity index (χ3v) is 2.13. The molecule has 0 radical (unpaired) electrons. The van der Waals surface area contributed by atoms with Crippen LogP contribution in [0.4, 0.5) is 20.2 Å². The molecule has 0 aromatic heterocycles. The van der Waals surface area contributed by atoms with Crippen molar-refractivity contribution in [1.29, 1.82) is 0 Å². The molecular formula is C12H18F2N2. The summed E-state index contributed by atoms with van der Waals surface area (Å²) in [5.74, 6) is -1.24. The van der Waals surface area contributed by atoms with Crippen molar-refractivity contribution in [3.05, 3.63) is 23.8 Å². The van der Waals surface area contributed by atoms with E-state index in [0.717, 1.165) is 12.1 Å². The van der Waals surface area contributed by atoms with Gasteiger partial charge in [0, 0.05) is 19.3 Å². The number of halogens is 2. The van der Waals surface area contributed by atoms with Gasteiger partial charge in [-0.1, -0.05) is 20.8 Å². The van der Waals surface area contributed by atoms with E-state index in [0.29, 0.717) is 6.54 Å². The van der Waals surface area contributed by atoms with Crippen LogP contribution in [0.3, 0.4) is 0 Å². The topological polar surface area (TPSA) is 29.3 Å². The number of anilines is 2. The lowest BCUT2D eigenvalue weighted by Gasteiger charge is -2.28. The van der Waals surface area contributed by atoms with Gasteiger partial charge in [-0.15, -0.1) is 0 Å². The molecule has 0 spiro atoms. The molecule has 0 unspecified atom stereocenters. The summed E-state index contributed by atoms with van der Waals surface area (Å²) in [6.45, 7) is 6.59. The Labute approximate surface area is 95.1 Å². The highest BCUT2D eigenvalue weighted by Crippen LogP contribution is 2.27. The lowest BCUT2D eigenvalue weighted by atomic mass is 9.96. The Morgan fingerprint density at radius 2 is 1.62 bits per heavy atom. The fourth-order valence-electron chi connectivity index (χ4n) is 1.74. The molecule has 0 aliphatic rings. The van der Waals surface area contributed by atoms with E-state index in [1.54, 1.807) is 11.9 Å². The smallest absolute Gasteiger partial charge is 0.151 e. The average Bonchev–Trinajstić information content (AvgIpc) is 1.96. The predicted octanol–water partition coefficient (Wildman–Crippen LogP) is 3.03. The van der Waals surface area contributed by atoms with Crippen LogP contribution < -0.4 is 10.6 Å².